The second-order valence-corrected chi connectivity index (χ2v) is 4.95. The molecule has 2 aromatic rings. The molecular weight excluding hydrogens is 285 g/mol. The molecule has 0 N–H and O–H groups in total. The lowest BCUT2D eigenvalue weighted by molar-refractivity contribution is -0.138. The van der Waals surface area contributed by atoms with Crippen LogP contribution in [-0.4, -0.2) is 0 Å². The van der Waals surface area contributed by atoms with Crippen molar-refractivity contribution in [3.05, 3.63) is 58.1 Å². The van der Waals surface area contributed by atoms with Crippen LogP contribution in [0.25, 0.3) is 11.1 Å². The fraction of sp³-hybridized carbons (Fsp3) is 0.250. The predicted octanol–water partition coefficient (Wildman–Crippen LogP) is 5.70. The largest absolute Gasteiger partial charge is 0.416 e. The average Bonchev–Trinajstić information content (AvgIpc) is 2.40. The molecule has 2 rings (SSSR count). The first-order chi connectivity index (χ1) is 9.34. The molecule has 20 heavy (non-hydrogen) atoms. The van der Waals surface area contributed by atoms with Crippen molar-refractivity contribution >= 4 is 11.6 Å². The third-order valence-electron chi connectivity index (χ3n) is 3.26. The smallest absolute Gasteiger partial charge is 0.166 e. The van der Waals surface area contributed by atoms with E-state index in [9.17, 15) is 13.2 Å². The molecule has 2 aromatic carbocycles. The SMILES string of the molecule is CCc1[c]cc(-c2cccc(Cl)c2C)cc1C(F)(F)F. The van der Waals surface area contributed by atoms with Gasteiger partial charge in [-0.3, -0.25) is 0 Å². The van der Waals surface area contributed by atoms with Crippen LogP contribution in [0.15, 0.2) is 30.3 Å². The van der Waals surface area contributed by atoms with Crippen molar-refractivity contribution in [1.29, 1.82) is 0 Å². The maximum atomic E-state index is 13.1. The van der Waals surface area contributed by atoms with E-state index in [1.54, 1.807) is 38.1 Å². The minimum Gasteiger partial charge on any atom is -0.166 e. The molecule has 0 bridgehead atoms. The van der Waals surface area contributed by atoms with E-state index in [1.165, 1.54) is 6.07 Å². The van der Waals surface area contributed by atoms with Crippen LogP contribution in [0.1, 0.15) is 23.6 Å². The second kappa shape index (κ2) is 5.49. The normalized spacial score (nSPS) is 11.7. The highest BCUT2D eigenvalue weighted by atomic mass is 35.5. The van der Waals surface area contributed by atoms with E-state index in [-0.39, 0.29) is 5.56 Å². The molecule has 0 fully saturated rings. The summed E-state index contributed by atoms with van der Waals surface area (Å²) in [6, 6.07) is 10.7. The molecule has 0 unspecified atom stereocenters. The Labute approximate surface area is 121 Å². The number of hydrogen-bond acceptors (Lipinski definition) is 0. The van der Waals surface area contributed by atoms with Gasteiger partial charge in [-0.1, -0.05) is 30.7 Å². The Kier molecular flexibility index (Phi) is 4.09. The lowest BCUT2D eigenvalue weighted by Gasteiger charge is -2.14. The van der Waals surface area contributed by atoms with E-state index in [2.05, 4.69) is 6.07 Å². The minimum absolute atomic E-state index is 0.181. The highest BCUT2D eigenvalue weighted by molar-refractivity contribution is 6.31. The van der Waals surface area contributed by atoms with E-state index in [1.807, 2.05) is 0 Å². The van der Waals surface area contributed by atoms with Crippen molar-refractivity contribution in [3.8, 4) is 11.1 Å². The van der Waals surface area contributed by atoms with Crippen LogP contribution in [-0.2, 0) is 12.6 Å². The molecule has 0 aliphatic heterocycles. The van der Waals surface area contributed by atoms with Gasteiger partial charge in [-0.25, -0.2) is 0 Å². The zero-order valence-electron chi connectivity index (χ0n) is 11.1. The number of alkyl halides is 3. The second-order valence-electron chi connectivity index (χ2n) is 4.54. The van der Waals surface area contributed by atoms with E-state index < -0.39 is 11.7 Å². The van der Waals surface area contributed by atoms with E-state index in [4.69, 9.17) is 11.6 Å². The van der Waals surface area contributed by atoms with Crippen molar-refractivity contribution in [1.82, 2.24) is 0 Å². The Morgan fingerprint density at radius 2 is 1.95 bits per heavy atom. The molecule has 0 heterocycles. The number of halogens is 4. The van der Waals surface area contributed by atoms with Gasteiger partial charge in [-0.15, -0.1) is 0 Å². The van der Waals surface area contributed by atoms with Gasteiger partial charge in [0, 0.05) is 5.02 Å². The molecule has 105 valence electrons. The molecule has 0 saturated heterocycles. The van der Waals surface area contributed by atoms with Crippen LogP contribution in [0.5, 0.6) is 0 Å². The fourth-order valence-electron chi connectivity index (χ4n) is 2.15. The van der Waals surface area contributed by atoms with Gasteiger partial charge in [0.25, 0.3) is 0 Å². The summed E-state index contributed by atoms with van der Waals surface area (Å²) < 4.78 is 39.2. The molecule has 0 aliphatic carbocycles. The first-order valence-electron chi connectivity index (χ1n) is 6.22. The monoisotopic (exact) mass is 297 g/mol. The van der Waals surface area contributed by atoms with E-state index in [0.29, 0.717) is 22.6 Å². The van der Waals surface area contributed by atoms with Gasteiger partial charge in [0.05, 0.1) is 5.56 Å². The summed E-state index contributed by atoms with van der Waals surface area (Å²) in [5, 5.41) is 0.538. The lowest BCUT2D eigenvalue weighted by Crippen LogP contribution is -2.09. The highest BCUT2D eigenvalue weighted by Crippen LogP contribution is 2.36. The van der Waals surface area contributed by atoms with E-state index in [0.717, 1.165) is 5.56 Å². The third kappa shape index (κ3) is 2.83. The van der Waals surface area contributed by atoms with Gasteiger partial charge >= 0.3 is 6.18 Å². The van der Waals surface area contributed by atoms with Gasteiger partial charge in [0.15, 0.2) is 0 Å². The number of hydrogen-bond donors (Lipinski definition) is 0. The van der Waals surface area contributed by atoms with E-state index >= 15 is 0 Å². The molecule has 1 radical (unpaired) electrons. The zero-order valence-corrected chi connectivity index (χ0v) is 11.9. The first kappa shape index (κ1) is 14.9. The Morgan fingerprint density at radius 3 is 2.55 bits per heavy atom. The van der Waals surface area contributed by atoms with Crippen molar-refractivity contribution in [2.75, 3.05) is 0 Å². The molecule has 0 atom stereocenters. The molecular formula is C16H13ClF3. The summed E-state index contributed by atoms with van der Waals surface area (Å²) in [5.74, 6) is 0. The van der Waals surface area contributed by atoms with Gasteiger partial charge in [-0.2, -0.15) is 13.2 Å². The summed E-state index contributed by atoms with van der Waals surface area (Å²) >= 11 is 6.02. The van der Waals surface area contributed by atoms with Crippen LogP contribution in [0.3, 0.4) is 0 Å². The average molecular weight is 298 g/mol. The van der Waals surface area contributed by atoms with Crippen LogP contribution in [0.2, 0.25) is 5.02 Å². The van der Waals surface area contributed by atoms with Crippen molar-refractivity contribution < 1.29 is 13.2 Å². The standard InChI is InChI=1S/C16H13ClF3/c1-3-11-7-8-12(9-14(11)16(18,19)20)13-5-4-6-15(17)10(13)2/h4-6,8-9H,3H2,1-2H3. The van der Waals surface area contributed by atoms with Gasteiger partial charge in [0.1, 0.15) is 0 Å². The molecule has 0 aromatic heterocycles. The Bertz CT molecular complexity index is 630. The van der Waals surface area contributed by atoms with Crippen LogP contribution < -0.4 is 0 Å². The number of benzene rings is 2. The van der Waals surface area contributed by atoms with Crippen LogP contribution >= 0.6 is 11.6 Å². The van der Waals surface area contributed by atoms with Crippen molar-refractivity contribution in [3.63, 3.8) is 0 Å². The molecule has 4 heteroatoms. The Morgan fingerprint density at radius 1 is 1.25 bits per heavy atom. The summed E-state index contributed by atoms with van der Waals surface area (Å²) in [4.78, 5) is 0. The number of aryl methyl sites for hydroxylation is 1. The molecule has 0 amide bonds. The first-order valence-corrected chi connectivity index (χ1v) is 6.59. The van der Waals surface area contributed by atoms with Crippen LogP contribution in [0, 0.1) is 13.0 Å². The summed E-state index contributed by atoms with van der Waals surface area (Å²) in [6.45, 7) is 3.48. The van der Waals surface area contributed by atoms with Crippen molar-refractivity contribution in [2.24, 2.45) is 0 Å². The molecule has 0 nitrogen and oxygen atoms in total. The molecule has 0 saturated carbocycles. The fourth-order valence-corrected chi connectivity index (χ4v) is 2.32. The topological polar surface area (TPSA) is 0 Å². The quantitative estimate of drug-likeness (QED) is 0.667. The Hall–Kier alpha value is -1.48. The number of rotatable bonds is 2. The minimum atomic E-state index is -4.37. The third-order valence-corrected chi connectivity index (χ3v) is 3.67. The molecule has 0 aliphatic rings. The van der Waals surface area contributed by atoms with Gasteiger partial charge in [0.2, 0.25) is 0 Å². The lowest BCUT2D eigenvalue weighted by atomic mass is 9.95. The maximum absolute atomic E-state index is 13.1. The van der Waals surface area contributed by atoms with Crippen molar-refractivity contribution in [2.45, 2.75) is 26.4 Å². The predicted molar refractivity (Wildman–Crippen MR) is 74.8 cm³/mol. The maximum Gasteiger partial charge on any atom is 0.416 e. The summed E-state index contributed by atoms with van der Waals surface area (Å²) in [6.07, 6.45) is -4.08. The highest BCUT2D eigenvalue weighted by Gasteiger charge is 2.33. The summed E-state index contributed by atoms with van der Waals surface area (Å²) in [5.41, 5.74) is 1.49. The summed E-state index contributed by atoms with van der Waals surface area (Å²) in [7, 11) is 0. The van der Waals surface area contributed by atoms with Gasteiger partial charge in [-0.05, 0) is 59.9 Å². The zero-order chi connectivity index (χ0) is 14.9. The van der Waals surface area contributed by atoms with Crippen LogP contribution in [0.4, 0.5) is 13.2 Å². The molecule has 0 spiro atoms. The Balaban J connectivity index is 2.62. The van der Waals surface area contributed by atoms with Gasteiger partial charge < -0.3 is 0 Å².